The summed E-state index contributed by atoms with van der Waals surface area (Å²) in [7, 11) is 0. The van der Waals surface area contributed by atoms with Crippen molar-refractivity contribution in [2.45, 2.75) is 46.0 Å². The van der Waals surface area contributed by atoms with Gasteiger partial charge in [-0.05, 0) is 62.3 Å². The monoisotopic (exact) mass is 300 g/mol. The summed E-state index contributed by atoms with van der Waals surface area (Å²) in [5.74, 6) is -0.0274. The van der Waals surface area contributed by atoms with E-state index >= 15 is 0 Å². The minimum absolute atomic E-state index is 0.0274. The van der Waals surface area contributed by atoms with Gasteiger partial charge in [-0.25, -0.2) is 0 Å². The Bertz CT molecular complexity index is 675. The number of rotatable bonds is 3. The maximum absolute atomic E-state index is 12.3. The number of thiophene rings is 1. The van der Waals surface area contributed by atoms with Crippen LogP contribution in [0.1, 0.15) is 51.1 Å². The predicted octanol–water partition coefficient (Wildman–Crippen LogP) is 4.15. The van der Waals surface area contributed by atoms with Crippen LogP contribution in [0.4, 0.5) is 5.69 Å². The third-order valence-electron chi connectivity index (χ3n) is 3.99. The lowest BCUT2D eigenvalue weighted by molar-refractivity contribution is 0.103. The number of anilines is 1. The van der Waals surface area contributed by atoms with E-state index in [2.05, 4.69) is 30.2 Å². The molecule has 0 radical (unpaired) electrons. The molecule has 21 heavy (non-hydrogen) atoms. The third-order valence-corrected chi connectivity index (χ3v) is 5.37. The Hall–Kier alpha value is -1.68. The second-order valence-corrected chi connectivity index (χ2v) is 6.70. The minimum atomic E-state index is -0.0274. The Kier molecular flexibility index (Phi) is 4.06. The second-order valence-electron chi connectivity index (χ2n) is 5.56. The number of amides is 1. The summed E-state index contributed by atoms with van der Waals surface area (Å²) in [6, 6.07) is 4.06. The number of hydrogen-bond donors (Lipinski definition) is 1. The summed E-state index contributed by atoms with van der Waals surface area (Å²) >= 11 is 1.58. The van der Waals surface area contributed by atoms with E-state index in [4.69, 9.17) is 0 Å². The van der Waals surface area contributed by atoms with Gasteiger partial charge >= 0.3 is 0 Å². The maximum atomic E-state index is 12.3. The Balaban J connectivity index is 1.77. The van der Waals surface area contributed by atoms with Gasteiger partial charge in [0, 0.05) is 10.6 Å². The van der Waals surface area contributed by atoms with Crippen LogP contribution in [-0.4, -0.2) is 10.9 Å². The first kappa shape index (κ1) is 14.3. The largest absolute Gasteiger partial charge is 0.320 e. The molecule has 2 aromatic rings. The summed E-state index contributed by atoms with van der Waals surface area (Å²) in [6.45, 7) is 4.18. The molecule has 0 bridgehead atoms. The van der Waals surface area contributed by atoms with E-state index in [9.17, 15) is 4.79 Å². The number of nitrogens with one attached hydrogen (secondary N) is 1. The molecule has 2 heterocycles. The molecule has 4 heteroatoms. The van der Waals surface area contributed by atoms with Crippen LogP contribution in [0.2, 0.25) is 0 Å². The van der Waals surface area contributed by atoms with Crippen LogP contribution in [0.5, 0.6) is 0 Å². The molecule has 3 nitrogen and oxygen atoms in total. The van der Waals surface area contributed by atoms with Gasteiger partial charge in [-0.15, -0.1) is 11.3 Å². The molecular weight excluding hydrogens is 280 g/mol. The standard InChI is InChI=1S/C17H20N2OS/c1-3-15-11(2)8-16(21-15)17(20)19-13-9-12-6-4-5-7-14(12)18-10-13/h8-10H,3-7H2,1-2H3,(H,19,20). The van der Waals surface area contributed by atoms with Gasteiger partial charge in [-0.3, -0.25) is 9.78 Å². The van der Waals surface area contributed by atoms with Crippen molar-refractivity contribution >= 4 is 22.9 Å². The number of aryl methyl sites for hydroxylation is 4. The summed E-state index contributed by atoms with van der Waals surface area (Å²) in [5, 5.41) is 2.98. The molecule has 0 aromatic carbocycles. The number of aromatic nitrogens is 1. The van der Waals surface area contributed by atoms with Gasteiger partial charge in [-0.1, -0.05) is 6.92 Å². The molecule has 0 saturated carbocycles. The molecule has 1 N–H and O–H groups in total. The third kappa shape index (κ3) is 3.00. The van der Waals surface area contributed by atoms with Gasteiger partial charge in [0.15, 0.2) is 0 Å². The fraction of sp³-hybridized carbons (Fsp3) is 0.412. The number of fused-ring (bicyclic) bond motifs is 1. The van der Waals surface area contributed by atoms with Gasteiger partial charge in [0.2, 0.25) is 0 Å². The lowest BCUT2D eigenvalue weighted by Crippen LogP contribution is -2.12. The zero-order valence-corrected chi connectivity index (χ0v) is 13.3. The Morgan fingerprint density at radius 2 is 2.14 bits per heavy atom. The number of nitrogens with zero attached hydrogens (tertiary/aromatic N) is 1. The van der Waals surface area contributed by atoms with Crippen molar-refractivity contribution in [1.82, 2.24) is 4.98 Å². The highest BCUT2D eigenvalue weighted by atomic mass is 32.1. The zero-order chi connectivity index (χ0) is 14.8. The molecule has 0 atom stereocenters. The van der Waals surface area contributed by atoms with Crippen molar-refractivity contribution in [3.05, 3.63) is 44.9 Å². The number of carbonyl (C=O) groups excluding carboxylic acids is 1. The van der Waals surface area contributed by atoms with E-state index in [1.165, 1.54) is 34.5 Å². The minimum Gasteiger partial charge on any atom is -0.320 e. The Morgan fingerprint density at radius 1 is 1.33 bits per heavy atom. The fourth-order valence-corrected chi connectivity index (χ4v) is 3.84. The molecule has 2 aromatic heterocycles. The van der Waals surface area contributed by atoms with Crippen molar-refractivity contribution in [2.75, 3.05) is 5.32 Å². The number of carbonyl (C=O) groups is 1. The van der Waals surface area contributed by atoms with Crippen molar-refractivity contribution < 1.29 is 4.79 Å². The quantitative estimate of drug-likeness (QED) is 0.925. The first-order chi connectivity index (χ1) is 10.2. The van der Waals surface area contributed by atoms with E-state index in [1.54, 1.807) is 17.5 Å². The summed E-state index contributed by atoms with van der Waals surface area (Å²) < 4.78 is 0. The smallest absolute Gasteiger partial charge is 0.265 e. The van der Waals surface area contributed by atoms with E-state index < -0.39 is 0 Å². The molecule has 0 unspecified atom stereocenters. The maximum Gasteiger partial charge on any atom is 0.265 e. The molecule has 110 valence electrons. The predicted molar refractivity (Wildman–Crippen MR) is 87.3 cm³/mol. The van der Waals surface area contributed by atoms with Crippen molar-refractivity contribution in [1.29, 1.82) is 0 Å². The molecule has 0 aliphatic heterocycles. The zero-order valence-electron chi connectivity index (χ0n) is 12.5. The SMILES string of the molecule is CCc1sc(C(=O)Nc2cnc3c(c2)CCCC3)cc1C. The molecule has 3 rings (SSSR count). The van der Waals surface area contributed by atoms with E-state index in [1.807, 2.05) is 6.07 Å². The molecular formula is C17H20N2OS. The summed E-state index contributed by atoms with van der Waals surface area (Å²) in [5.41, 5.74) is 4.50. The van der Waals surface area contributed by atoms with Crippen molar-refractivity contribution in [3.63, 3.8) is 0 Å². The second kappa shape index (κ2) is 5.98. The normalized spacial score (nSPS) is 13.8. The van der Waals surface area contributed by atoms with Gasteiger partial charge < -0.3 is 5.32 Å². The summed E-state index contributed by atoms with van der Waals surface area (Å²) in [6.07, 6.45) is 7.33. The van der Waals surface area contributed by atoms with E-state index in [0.29, 0.717) is 0 Å². The molecule has 1 amide bonds. The lowest BCUT2D eigenvalue weighted by atomic mass is 9.96. The van der Waals surface area contributed by atoms with Gasteiger partial charge in [0.1, 0.15) is 0 Å². The molecule has 1 aliphatic rings. The lowest BCUT2D eigenvalue weighted by Gasteiger charge is -2.15. The Labute approximate surface area is 129 Å². The Morgan fingerprint density at radius 3 is 2.90 bits per heavy atom. The summed E-state index contributed by atoms with van der Waals surface area (Å²) in [4.78, 5) is 18.9. The fourth-order valence-electron chi connectivity index (χ4n) is 2.83. The van der Waals surface area contributed by atoms with Gasteiger partial charge in [0.05, 0.1) is 16.8 Å². The van der Waals surface area contributed by atoms with Crippen LogP contribution < -0.4 is 5.32 Å². The van der Waals surface area contributed by atoms with Gasteiger partial charge in [0.25, 0.3) is 5.91 Å². The average Bonchev–Trinajstić information content (AvgIpc) is 2.88. The highest BCUT2D eigenvalue weighted by molar-refractivity contribution is 7.14. The topological polar surface area (TPSA) is 42.0 Å². The molecule has 1 aliphatic carbocycles. The first-order valence-electron chi connectivity index (χ1n) is 7.56. The van der Waals surface area contributed by atoms with Crippen LogP contribution in [0.25, 0.3) is 0 Å². The first-order valence-corrected chi connectivity index (χ1v) is 8.37. The highest BCUT2D eigenvalue weighted by Gasteiger charge is 2.14. The van der Waals surface area contributed by atoms with Crippen LogP contribution in [0.15, 0.2) is 18.3 Å². The molecule has 0 spiro atoms. The highest BCUT2D eigenvalue weighted by Crippen LogP contribution is 2.25. The average molecular weight is 300 g/mol. The van der Waals surface area contributed by atoms with Crippen LogP contribution in [-0.2, 0) is 19.3 Å². The van der Waals surface area contributed by atoms with Crippen LogP contribution in [0, 0.1) is 6.92 Å². The number of hydrogen-bond acceptors (Lipinski definition) is 3. The molecule has 0 saturated heterocycles. The number of pyridine rings is 1. The van der Waals surface area contributed by atoms with Crippen molar-refractivity contribution in [3.8, 4) is 0 Å². The van der Waals surface area contributed by atoms with Crippen LogP contribution in [0.3, 0.4) is 0 Å². The molecule has 0 fully saturated rings. The van der Waals surface area contributed by atoms with Crippen molar-refractivity contribution in [2.24, 2.45) is 0 Å². The van der Waals surface area contributed by atoms with Crippen LogP contribution >= 0.6 is 11.3 Å². The van der Waals surface area contributed by atoms with Gasteiger partial charge in [-0.2, -0.15) is 0 Å². The van der Waals surface area contributed by atoms with E-state index in [0.717, 1.165) is 29.8 Å². The van der Waals surface area contributed by atoms with E-state index in [-0.39, 0.29) is 5.91 Å².